The number of ether oxygens (including phenoxy) is 4. The summed E-state index contributed by atoms with van der Waals surface area (Å²) in [5.41, 5.74) is 1.70. The van der Waals surface area contributed by atoms with Gasteiger partial charge in [-0.05, 0) is 86.2 Å². The van der Waals surface area contributed by atoms with Crippen molar-refractivity contribution in [3.63, 3.8) is 0 Å². The van der Waals surface area contributed by atoms with Gasteiger partial charge in [0, 0.05) is 11.6 Å². The molecular weight excluding hydrogens is 550 g/mol. The fourth-order valence-electron chi connectivity index (χ4n) is 4.09. The molecule has 0 aliphatic heterocycles. The van der Waals surface area contributed by atoms with Crippen LogP contribution in [0, 0.1) is 10.1 Å². The summed E-state index contributed by atoms with van der Waals surface area (Å²) in [6, 6.07) is 18.2. The van der Waals surface area contributed by atoms with Crippen molar-refractivity contribution in [1.82, 2.24) is 0 Å². The highest BCUT2D eigenvalue weighted by molar-refractivity contribution is 5.92. The Kier molecular flexibility index (Phi) is 13.2. The summed E-state index contributed by atoms with van der Waals surface area (Å²) in [6.07, 6.45) is 6.81. The fourth-order valence-corrected chi connectivity index (χ4v) is 4.09. The minimum atomic E-state index is -0.716. The second-order valence-electron chi connectivity index (χ2n) is 10.1. The van der Waals surface area contributed by atoms with Crippen molar-refractivity contribution in [3.8, 4) is 28.4 Å². The van der Waals surface area contributed by atoms with Crippen LogP contribution in [-0.4, -0.2) is 36.7 Å². The summed E-state index contributed by atoms with van der Waals surface area (Å²) >= 11 is 0. The van der Waals surface area contributed by atoms with E-state index in [1.54, 1.807) is 37.3 Å². The number of nitro benzene ring substituents is 1. The van der Waals surface area contributed by atoms with Crippen molar-refractivity contribution in [2.75, 3.05) is 19.8 Å². The number of hydrogen-bond donors (Lipinski definition) is 0. The van der Waals surface area contributed by atoms with E-state index in [4.69, 9.17) is 18.9 Å². The maximum Gasteiger partial charge on any atom is 0.343 e. The summed E-state index contributed by atoms with van der Waals surface area (Å²) in [5.74, 6) is 0.0813. The monoisotopic (exact) mass is 589 g/mol. The van der Waals surface area contributed by atoms with Gasteiger partial charge in [0.15, 0.2) is 0 Å². The number of nitro groups is 1. The van der Waals surface area contributed by atoms with Gasteiger partial charge in [0.2, 0.25) is 5.75 Å². The molecule has 9 nitrogen and oxygen atoms in total. The lowest BCUT2D eigenvalue weighted by atomic mass is 10.0. The van der Waals surface area contributed by atoms with Crippen LogP contribution in [0.25, 0.3) is 11.1 Å². The average Bonchev–Trinajstić information content (AvgIpc) is 3.01. The number of carbonyl (C=O) groups is 2. The number of unbranched alkanes of at least 4 members (excludes halogenated alkanes) is 5. The molecule has 0 amide bonds. The van der Waals surface area contributed by atoms with Gasteiger partial charge in [-0.2, -0.15) is 0 Å². The van der Waals surface area contributed by atoms with Crippen LogP contribution in [0.5, 0.6) is 17.2 Å². The Morgan fingerprint density at radius 3 is 1.91 bits per heavy atom. The molecule has 0 saturated carbocycles. The van der Waals surface area contributed by atoms with Gasteiger partial charge in [-0.1, -0.05) is 51.0 Å². The Hall–Kier alpha value is -4.66. The molecular formula is C34H39NO8. The van der Waals surface area contributed by atoms with Crippen molar-refractivity contribution < 1.29 is 33.5 Å². The molecule has 43 heavy (non-hydrogen) atoms. The second-order valence-corrected chi connectivity index (χ2v) is 10.1. The van der Waals surface area contributed by atoms with Crippen molar-refractivity contribution in [1.29, 1.82) is 0 Å². The van der Waals surface area contributed by atoms with Crippen molar-refractivity contribution in [3.05, 3.63) is 94.6 Å². The number of rotatable bonds is 18. The minimum absolute atomic E-state index is 0.139. The van der Waals surface area contributed by atoms with Crippen molar-refractivity contribution >= 4 is 17.6 Å². The van der Waals surface area contributed by atoms with E-state index in [1.165, 1.54) is 25.0 Å². The van der Waals surface area contributed by atoms with Crippen LogP contribution in [-0.2, 0) is 9.53 Å². The lowest BCUT2D eigenvalue weighted by Gasteiger charge is -2.10. The van der Waals surface area contributed by atoms with Crippen LogP contribution in [0.3, 0.4) is 0 Å². The van der Waals surface area contributed by atoms with Crippen LogP contribution >= 0.6 is 0 Å². The molecule has 9 heteroatoms. The molecule has 0 N–H and O–H groups in total. The molecule has 0 aliphatic rings. The molecule has 0 aromatic heterocycles. The third kappa shape index (κ3) is 10.9. The van der Waals surface area contributed by atoms with E-state index < -0.39 is 10.9 Å². The first-order valence-electron chi connectivity index (χ1n) is 14.6. The highest BCUT2D eigenvalue weighted by atomic mass is 16.6. The minimum Gasteiger partial charge on any atom is -0.494 e. The van der Waals surface area contributed by atoms with Crippen LogP contribution in [0.1, 0.15) is 69.2 Å². The molecule has 0 bridgehead atoms. The Morgan fingerprint density at radius 2 is 1.33 bits per heavy atom. The number of esters is 2. The van der Waals surface area contributed by atoms with Crippen LogP contribution in [0.15, 0.2) is 78.9 Å². The molecule has 0 atom stereocenters. The Labute approximate surface area is 252 Å². The summed E-state index contributed by atoms with van der Waals surface area (Å²) in [7, 11) is 0. The highest BCUT2D eigenvalue weighted by Crippen LogP contribution is 2.33. The summed E-state index contributed by atoms with van der Waals surface area (Å²) in [6.45, 7) is 8.76. The molecule has 0 fully saturated rings. The van der Waals surface area contributed by atoms with Gasteiger partial charge in [-0.25, -0.2) is 9.59 Å². The Balaban J connectivity index is 1.51. The zero-order valence-corrected chi connectivity index (χ0v) is 24.8. The topological polar surface area (TPSA) is 114 Å². The lowest BCUT2D eigenvalue weighted by Crippen LogP contribution is -2.10. The number of benzene rings is 3. The third-order valence-corrected chi connectivity index (χ3v) is 6.54. The normalized spacial score (nSPS) is 10.6. The summed E-state index contributed by atoms with van der Waals surface area (Å²) in [4.78, 5) is 35.3. The average molecular weight is 590 g/mol. The van der Waals surface area contributed by atoms with Gasteiger partial charge >= 0.3 is 17.6 Å². The van der Waals surface area contributed by atoms with Crippen molar-refractivity contribution in [2.24, 2.45) is 0 Å². The predicted molar refractivity (Wildman–Crippen MR) is 165 cm³/mol. The Morgan fingerprint density at radius 1 is 0.767 bits per heavy atom. The van der Waals surface area contributed by atoms with Crippen LogP contribution in [0.2, 0.25) is 0 Å². The molecule has 228 valence electrons. The van der Waals surface area contributed by atoms with Gasteiger partial charge in [0.1, 0.15) is 11.5 Å². The lowest BCUT2D eigenvalue weighted by molar-refractivity contribution is -0.385. The first-order valence-corrected chi connectivity index (χ1v) is 14.6. The zero-order chi connectivity index (χ0) is 31.0. The first-order chi connectivity index (χ1) is 20.8. The van der Waals surface area contributed by atoms with E-state index in [-0.39, 0.29) is 23.0 Å². The summed E-state index contributed by atoms with van der Waals surface area (Å²) < 4.78 is 21.9. The molecule has 3 rings (SSSR count). The Bertz CT molecular complexity index is 1370. The van der Waals surface area contributed by atoms with E-state index in [0.717, 1.165) is 43.4 Å². The molecule has 0 radical (unpaired) electrons. The molecule has 0 unspecified atom stereocenters. The molecule has 0 heterocycles. The van der Waals surface area contributed by atoms with E-state index in [2.05, 4.69) is 13.5 Å². The van der Waals surface area contributed by atoms with Crippen LogP contribution < -0.4 is 14.2 Å². The van der Waals surface area contributed by atoms with E-state index >= 15 is 0 Å². The quantitative estimate of drug-likeness (QED) is 0.0365. The standard InChI is InChI=1S/C34H39NO8/c1-4-5-6-8-21-40-29-16-11-26(12-17-29)28-15-20-32(31(24-28)35(38)39)43-34(37)27-13-18-30(19-14-27)41-22-9-7-10-23-42-33(36)25(2)3/h11-20,24H,2,4-10,21-23H2,1,3H3. The van der Waals surface area contributed by atoms with Crippen molar-refractivity contribution in [2.45, 2.75) is 58.8 Å². The van der Waals surface area contributed by atoms with Gasteiger partial charge in [0.05, 0.1) is 30.3 Å². The highest BCUT2D eigenvalue weighted by Gasteiger charge is 2.20. The first kappa shape index (κ1) is 32.8. The second kappa shape index (κ2) is 17.3. The maximum absolute atomic E-state index is 12.7. The van der Waals surface area contributed by atoms with E-state index in [1.807, 2.05) is 24.3 Å². The SMILES string of the molecule is C=C(C)C(=O)OCCCCCOc1ccc(C(=O)Oc2ccc(-c3ccc(OCCCCCC)cc3)cc2[N+](=O)[O-])cc1. The molecule has 0 spiro atoms. The smallest absolute Gasteiger partial charge is 0.343 e. The van der Waals surface area contributed by atoms with E-state index in [0.29, 0.717) is 36.7 Å². The molecule has 3 aromatic carbocycles. The van der Waals surface area contributed by atoms with Gasteiger partial charge < -0.3 is 18.9 Å². The molecule has 0 saturated heterocycles. The predicted octanol–water partition coefficient (Wildman–Crippen LogP) is 8.11. The van der Waals surface area contributed by atoms with Gasteiger partial charge in [0.25, 0.3) is 0 Å². The summed E-state index contributed by atoms with van der Waals surface area (Å²) in [5, 5.41) is 11.8. The number of hydrogen-bond acceptors (Lipinski definition) is 8. The van der Waals surface area contributed by atoms with Crippen LogP contribution in [0.4, 0.5) is 5.69 Å². The molecule has 0 aliphatic carbocycles. The van der Waals surface area contributed by atoms with E-state index in [9.17, 15) is 19.7 Å². The third-order valence-electron chi connectivity index (χ3n) is 6.54. The zero-order valence-electron chi connectivity index (χ0n) is 24.8. The number of nitrogens with zero attached hydrogens (tertiary/aromatic N) is 1. The fraction of sp³-hybridized carbons (Fsp3) is 0.353. The largest absolute Gasteiger partial charge is 0.494 e. The molecule has 3 aromatic rings. The number of carbonyl (C=O) groups excluding carboxylic acids is 2. The van der Waals surface area contributed by atoms with Gasteiger partial charge in [-0.3, -0.25) is 10.1 Å². The maximum atomic E-state index is 12.7. The van der Waals surface area contributed by atoms with Gasteiger partial charge in [-0.15, -0.1) is 0 Å².